The molecule has 0 heterocycles. The van der Waals surface area contributed by atoms with E-state index in [1.807, 2.05) is 0 Å². The van der Waals surface area contributed by atoms with Crippen LogP contribution in [0, 0.1) is 0 Å². The summed E-state index contributed by atoms with van der Waals surface area (Å²) in [5.74, 6) is -64.2. The summed E-state index contributed by atoms with van der Waals surface area (Å²) in [6.45, 7) is 0. The van der Waals surface area contributed by atoms with E-state index < -0.39 is 88.6 Å². The molecule has 0 fully saturated rings. The molecule has 0 saturated heterocycles. The highest BCUT2D eigenvalue weighted by Gasteiger charge is 2.99. The molecule has 1 aliphatic rings. The minimum atomic E-state index is -9.71. The topological polar surface area (TPSA) is 0 Å². The van der Waals surface area contributed by atoms with Crippen LogP contribution in [-0.4, -0.2) is 77.5 Å². The van der Waals surface area contributed by atoms with E-state index in [1.54, 1.807) is 0 Å². The SMILES string of the molecule is FC(F)(F)C(F)(F)C(F)(F)C(F)(C1=C(C(F)(C(F)(F)F)C(F)(F)C(F)(F)C(F)(F)F)C(F)(F)C(F)(F)C1(F)F)C(F)(F)F. The average Bonchev–Trinajstić information content (AvgIpc) is 2.82. The third-order valence-electron chi connectivity index (χ3n) is 5.50. The molecule has 0 amide bonds. The fraction of sp³-hybridized carbons (Fsp3) is 0.867. The van der Waals surface area contributed by atoms with Gasteiger partial charge in [0.1, 0.15) is 0 Å². The molecule has 1 aliphatic carbocycles. The van der Waals surface area contributed by atoms with Gasteiger partial charge in [0.05, 0.1) is 11.1 Å². The predicted molar refractivity (Wildman–Crippen MR) is 73.6 cm³/mol. The lowest BCUT2D eigenvalue weighted by atomic mass is 9.74. The number of rotatable bonds is 6. The highest BCUT2D eigenvalue weighted by molar-refractivity contribution is 5.55. The lowest BCUT2D eigenvalue weighted by Crippen LogP contribution is -2.72. The molecular formula is C15F28. The van der Waals surface area contributed by atoms with Crippen LogP contribution in [0.2, 0.25) is 0 Å². The fourth-order valence-corrected chi connectivity index (χ4v) is 3.34. The summed E-state index contributed by atoms with van der Waals surface area (Å²) in [4.78, 5) is 0. The molecule has 0 bridgehead atoms. The molecule has 0 N–H and O–H groups in total. The van der Waals surface area contributed by atoms with Gasteiger partial charge in [-0.1, -0.05) is 0 Å². The summed E-state index contributed by atoms with van der Waals surface area (Å²) in [5.41, 5.74) is -33.2. The van der Waals surface area contributed by atoms with Crippen molar-refractivity contribution in [2.45, 2.75) is 77.5 Å². The zero-order valence-electron chi connectivity index (χ0n) is 18.1. The molecule has 2 atom stereocenters. The van der Waals surface area contributed by atoms with Crippen LogP contribution in [0.1, 0.15) is 0 Å². The fourth-order valence-electron chi connectivity index (χ4n) is 3.34. The van der Waals surface area contributed by atoms with Crippen LogP contribution in [0.5, 0.6) is 0 Å². The third kappa shape index (κ3) is 4.24. The molecule has 256 valence electrons. The highest BCUT2D eigenvalue weighted by Crippen LogP contribution is 2.74. The maximum Gasteiger partial charge on any atom is 0.460 e. The molecule has 0 aromatic carbocycles. The van der Waals surface area contributed by atoms with Crippen LogP contribution in [0.25, 0.3) is 0 Å². The van der Waals surface area contributed by atoms with Crippen LogP contribution in [0.3, 0.4) is 0 Å². The number of hydrogen-bond donors (Lipinski definition) is 0. The second kappa shape index (κ2) is 8.95. The normalized spacial score (nSPS) is 23.7. The Labute approximate surface area is 213 Å². The van der Waals surface area contributed by atoms with Crippen molar-refractivity contribution >= 4 is 0 Å². The molecule has 0 spiro atoms. The number of hydrogen-bond acceptors (Lipinski definition) is 0. The monoisotopic (exact) mass is 712 g/mol. The molecule has 0 radical (unpaired) electrons. The maximum absolute atomic E-state index is 14.8. The first kappa shape index (κ1) is 38.8. The molecule has 0 nitrogen and oxygen atoms in total. The largest absolute Gasteiger partial charge is 0.460 e. The minimum absolute atomic E-state index is 6.88. The van der Waals surface area contributed by atoms with Gasteiger partial charge in [0, 0.05) is 0 Å². The van der Waals surface area contributed by atoms with Crippen molar-refractivity contribution in [2.24, 2.45) is 0 Å². The maximum atomic E-state index is 14.8. The highest BCUT2D eigenvalue weighted by atomic mass is 19.4. The van der Waals surface area contributed by atoms with Gasteiger partial charge in [-0.2, -0.15) is 114 Å². The van der Waals surface area contributed by atoms with Crippen molar-refractivity contribution in [3.8, 4) is 0 Å². The summed E-state index contributed by atoms with van der Waals surface area (Å²) < 4.78 is 376. The van der Waals surface area contributed by atoms with E-state index in [0.717, 1.165) is 0 Å². The van der Waals surface area contributed by atoms with Crippen LogP contribution >= 0.6 is 0 Å². The van der Waals surface area contributed by atoms with E-state index >= 15 is 0 Å². The number of alkyl halides is 28. The van der Waals surface area contributed by atoms with E-state index in [1.165, 1.54) is 0 Å². The zero-order chi connectivity index (χ0) is 35.7. The van der Waals surface area contributed by atoms with Gasteiger partial charge in [0.15, 0.2) is 0 Å². The van der Waals surface area contributed by atoms with Gasteiger partial charge in [-0.05, 0) is 0 Å². The Morgan fingerprint density at radius 2 is 0.465 bits per heavy atom. The summed E-state index contributed by atoms with van der Waals surface area (Å²) in [7, 11) is 0. The van der Waals surface area contributed by atoms with Crippen molar-refractivity contribution in [3.63, 3.8) is 0 Å². The summed E-state index contributed by atoms with van der Waals surface area (Å²) in [5, 5.41) is 0. The summed E-state index contributed by atoms with van der Waals surface area (Å²) in [6.07, 6.45) is -35.5. The molecule has 28 heteroatoms. The van der Waals surface area contributed by atoms with E-state index in [0.29, 0.717) is 0 Å². The Bertz CT molecular complexity index is 1030. The Morgan fingerprint density at radius 3 is 0.605 bits per heavy atom. The van der Waals surface area contributed by atoms with Gasteiger partial charge >= 0.3 is 77.5 Å². The molecule has 0 aromatic heterocycles. The van der Waals surface area contributed by atoms with Crippen molar-refractivity contribution < 1.29 is 123 Å². The van der Waals surface area contributed by atoms with E-state index in [4.69, 9.17) is 0 Å². The van der Waals surface area contributed by atoms with Gasteiger partial charge < -0.3 is 0 Å². The van der Waals surface area contributed by atoms with Gasteiger partial charge in [-0.25, -0.2) is 8.78 Å². The number of halogens is 28. The molecule has 0 aromatic rings. The second-order valence-corrected chi connectivity index (χ2v) is 8.08. The third-order valence-corrected chi connectivity index (χ3v) is 5.50. The van der Waals surface area contributed by atoms with Gasteiger partial charge in [0.2, 0.25) is 0 Å². The van der Waals surface area contributed by atoms with Crippen molar-refractivity contribution in [1.29, 1.82) is 0 Å². The first-order valence-electron chi connectivity index (χ1n) is 9.04. The van der Waals surface area contributed by atoms with Crippen LogP contribution in [-0.2, 0) is 0 Å². The molecule has 1 rings (SSSR count). The van der Waals surface area contributed by atoms with Crippen LogP contribution < -0.4 is 0 Å². The standard InChI is InChI=1S/C15F28/c16-3(12(32,33)34,7(22,23)10(28,29)14(38,39)40)1-2(6(20,21)9(26,27)5(1,18)19)4(17,13(35,36)37)8(24,25)11(30,31)15(41,42)43. The van der Waals surface area contributed by atoms with Gasteiger partial charge in [-0.15, -0.1) is 0 Å². The van der Waals surface area contributed by atoms with Crippen LogP contribution in [0.4, 0.5) is 123 Å². The second-order valence-electron chi connectivity index (χ2n) is 8.08. The van der Waals surface area contributed by atoms with Crippen LogP contribution in [0.15, 0.2) is 11.1 Å². The molecule has 0 saturated carbocycles. The Balaban J connectivity index is 5.00. The first-order chi connectivity index (χ1) is 18.0. The summed E-state index contributed by atoms with van der Waals surface area (Å²) in [6, 6.07) is 0. The van der Waals surface area contributed by atoms with Crippen molar-refractivity contribution in [2.75, 3.05) is 0 Å². The number of allylic oxidation sites excluding steroid dienone is 2. The lowest BCUT2D eigenvalue weighted by molar-refractivity contribution is -0.410. The van der Waals surface area contributed by atoms with E-state index in [-0.39, 0.29) is 0 Å². The predicted octanol–water partition coefficient (Wildman–Crippen LogP) is 9.41. The molecule has 43 heavy (non-hydrogen) atoms. The zero-order valence-corrected chi connectivity index (χ0v) is 18.1. The lowest BCUT2D eigenvalue weighted by Gasteiger charge is -2.44. The Kier molecular flexibility index (Phi) is 8.07. The van der Waals surface area contributed by atoms with Crippen molar-refractivity contribution in [1.82, 2.24) is 0 Å². The Morgan fingerprint density at radius 1 is 0.279 bits per heavy atom. The van der Waals surface area contributed by atoms with Gasteiger partial charge in [0.25, 0.3) is 0 Å². The van der Waals surface area contributed by atoms with Gasteiger partial charge in [-0.3, -0.25) is 0 Å². The van der Waals surface area contributed by atoms with Crippen molar-refractivity contribution in [3.05, 3.63) is 11.1 Å². The summed E-state index contributed by atoms with van der Waals surface area (Å²) >= 11 is 0. The molecule has 2 unspecified atom stereocenters. The quantitative estimate of drug-likeness (QED) is 0.190. The van der Waals surface area contributed by atoms with E-state index in [9.17, 15) is 123 Å². The minimum Gasteiger partial charge on any atom is -0.221 e. The van der Waals surface area contributed by atoms with E-state index in [2.05, 4.69) is 0 Å². The Hall–Kier alpha value is -2.22. The first-order valence-corrected chi connectivity index (χ1v) is 9.04. The smallest absolute Gasteiger partial charge is 0.221 e. The average molecular weight is 712 g/mol. The molecule has 0 aliphatic heterocycles. The molecular weight excluding hydrogens is 712 g/mol.